The number of nitrogens with zero attached hydrogens (tertiary/aromatic N) is 2. The van der Waals surface area contributed by atoms with Crippen LogP contribution >= 0.6 is 23.5 Å². The van der Waals surface area contributed by atoms with Crippen molar-refractivity contribution in [3.05, 3.63) is 35.8 Å². The number of fused-ring (bicyclic) bond motifs is 1. The predicted octanol–water partition coefficient (Wildman–Crippen LogP) is -4.43. The number of carbonyl (C=O) groups excluding carboxylic acids is 3. The van der Waals surface area contributed by atoms with E-state index in [0.29, 0.717) is 0 Å². The van der Waals surface area contributed by atoms with Crippen molar-refractivity contribution < 1.29 is 54.2 Å². The second-order valence-corrected chi connectivity index (χ2v) is 7.48. The minimum Gasteiger partial charge on any atom is -0.543 e. The summed E-state index contributed by atoms with van der Waals surface area (Å²) in [4.78, 5) is 41.4. The molecule has 1 fully saturated rings. The zero-order chi connectivity index (χ0) is 18.0. The second kappa shape index (κ2) is 9.25. The molecule has 2 N–H and O–H groups in total. The molecule has 0 aromatic carbocycles. The monoisotopic (exact) mass is 403 g/mol. The Labute approximate surface area is 180 Å². The number of nitrogens with one attached hydrogen (secondary N) is 1. The molecule has 26 heavy (non-hydrogen) atoms. The van der Waals surface area contributed by atoms with Crippen molar-refractivity contribution >= 4 is 41.3 Å². The van der Waals surface area contributed by atoms with Crippen molar-refractivity contribution in [1.82, 2.24) is 15.2 Å². The standard InChI is InChI=1S/C15H15N3O5S2.Na/c19-5-8-6-25-14-11(13(21)18(14)12(8)15(22)23)17-10(20)7-24-9-1-3-16-4-2-9;/h1-4,11,14,19H,5-7H2,(H,17,20)(H,22,23);/q;+1/p-1/t11-,14+;/m1./s1. The molecule has 0 spiro atoms. The molecule has 2 aliphatic rings. The Balaban J connectivity index is 0.00000243. The van der Waals surface area contributed by atoms with Gasteiger partial charge in [0.1, 0.15) is 11.4 Å². The van der Waals surface area contributed by atoms with E-state index >= 15 is 0 Å². The van der Waals surface area contributed by atoms with Crippen LogP contribution in [0.25, 0.3) is 0 Å². The van der Waals surface area contributed by atoms with Crippen molar-refractivity contribution in [1.29, 1.82) is 0 Å². The topological polar surface area (TPSA) is 123 Å². The van der Waals surface area contributed by atoms with Gasteiger partial charge < -0.3 is 20.3 Å². The predicted molar refractivity (Wildman–Crippen MR) is 89.1 cm³/mol. The first kappa shape index (κ1) is 21.3. The van der Waals surface area contributed by atoms with Gasteiger partial charge in [-0.05, 0) is 17.7 Å². The van der Waals surface area contributed by atoms with Crippen LogP contribution in [0.1, 0.15) is 0 Å². The average molecular weight is 403 g/mol. The zero-order valence-electron chi connectivity index (χ0n) is 13.9. The maximum absolute atomic E-state index is 12.3. The molecule has 11 heteroatoms. The van der Waals surface area contributed by atoms with Crippen molar-refractivity contribution in [2.24, 2.45) is 0 Å². The summed E-state index contributed by atoms with van der Waals surface area (Å²) in [5.74, 6) is -1.92. The number of pyridine rings is 1. The number of carbonyl (C=O) groups is 3. The first-order valence-electron chi connectivity index (χ1n) is 7.34. The molecule has 3 heterocycles. The van der Waals surface area contributed by atoms with Crippen molar-refractivity contribution in [3.63, 3.8) is 0 Å². The number of rotatable bonds is 6. The number of thioether (sulfide) groups is 2. The van der Waals surface area contributed by atoms with Gasteiger partial charge >= 0.3 is 29.6 Å². The fourth-order valence-corrected chi connectivity index (χ4v) is 4.62. The molecule has 0 radical (unpaired) electrons. The average Bonchev–Trinajstić information content (AvgIpc) is 2.63. The van der Waals surface area contributed by atoms with Gasteiger partial charge in [-0.3, -0.25) is 19.5 Å². The fourth-order valence-electron chi connectivity index (χ4n) is 2.59. The molecule has 0 bridgehead atoms. The fraction of sp³-hybridized carbons (Fsp3) is 0.333. The van der Waals surface area contributed by atoms with Crippen LogP contribution in [-0.2, 0) is 14.4 Å². The molecule has 3 rings (SSSR count). The maximum atomic E-state index is 12.3. The Morgan fingerprint density at radius 3 is 2.73 bits per heavy atom. The van der Waals surface area contributed by atoms with E-state index in [0.717, 1.165) is 9.80 Å². The van der Waals surface area contributed by atoms with Crippen LogP contribution in [-0.4, -0.2) is 62.3 Å². The van der Waals surface area contributed by atoms with Crippen LogP contribution in [0.4, 0.5) is 0 Å². The Kier molecular flexibility index (Phi) is 7.56. The van der Waals surface area contributed by atoms with E-state index < -0.39 is 29.9 Å². The van der Waals surface area contributed by atoms with Gasteiger partial charge in [0.2, 0.25) is 5.91 Å². The molecular formula is C15H14N3NaO5S2. The van der Waals surface area contributed by atoms with Crippen LogP contribution in [0.15, 0.2) is 40.7 Å². The number of carboxylic acid groups (broad SMARTS) is 1. The molecule has 132 valence electrons. The largest absolute Gasteiger partial charge is 1.00 e. The summed E-state index contributed by atoms with van der Waals surface area (Å²) in [6.07, 6.45) is 3.25. The minimum atomic E-state index is -1.50. The van der Waals surface area contributed by atoms with E-state index in [1.807, 2.05) is 0 Å². The number of aromatic nitrogens is 1. The van der Waals surface area contributed by atoms with Crippen LogP contribution in [0.2, 0.25) is 0 Å². The Morgan fingerprint density at radius 2 is 2.12 bits per heavy atom. The van der Waals surface area contributed by atoms with Crippen LogP contribution in [0.3, 0.4) is 0 Å². The van der Waals surface area contributed by atoms with Crippen LogP contribution in [0.5, 0.6) is 0 Å². The smallest absolute Gasteiger partial charge is 0.543 e. The molecule has 0 saturated carbocycles. The molecule has 1 aromatic heterocycles. The quantitative estimate of drug-likeness (QED) is 0.277. The molecule has 8 nitrogen and oxygen atoms in total. The molecule has 1 aromatic rings. The van der Waals surface area contributed by atoms with Gasteiger partial charge in [-0.15, -0.1) is 23.5 Å². The maximum Gasteiger partial charge on any atom is 1.00 e. The number of β-lactam (4-membered cyclic amide) rings is 1. The van der Waals surface area contributed by atoms with Gasteiger partial charge in [-0.1, -0.05) is 0 Å². The van der Waals surface area contributed by atoms with E-state index in [9.17, 15) is 24.6 Å². The number of hydrogen-bond donors (Lipinski definition) is 2. The van der Waals surface area contributed by atoms with Crippen LogP contribution < -0.4 is 40.0 Å². The normalized spacial score (nSPS) is 21.4. The SMILES string of the molecule is O=C(CSc1ccncc1)N[C@@H]1C(=O)N2C(C(=O)[O-])=C(CO)CS[C@@H]12.[Na+]. The molecule has 2 aliphatic heterocycles. The van der Waals surface area contributed by atoms with Gasteiger partial charge in [0.25, 0.3) is 5.91 Å². The third-order valence-corrected chi connectivity index (χ3v) is 6.12. The van der Waals surface area contributed by atoms with E-state index in [-0.39, 0.29) is 58.2 Å². The molecule has 0 aliphatic carbocycles. The number of amides is 2. The van der Waals surface area contributed by atoms with E-state index in [4.69, 9.17) is 0 Å². The summed E-state index contributed by atoms with van der Waals surface area (Å²) in [5, 5.41) is 22.7. The Hall–Kier alpha value is -1.04. The minimum absolute atomic E-state index is 0. The summed E-state index contributed by atoms with van der Waals surface area (Å²) < 4.78 is 0. The molecular weight excluding hydrogens is 389 g/mol. The van der Waals surface area contributed by atoms with Gasteiger partial charge in [-0.25, -0.2) is 0 Å². The summed E-state index contributed by atoms with van der Waals surface area (Å²) >= 11 is 2.62. The second-order valence-electron chi connectivity index (χ2n) is 5.32. The Morgan fingerprint density at radius 1 is 1.42 bits per heavy atom. The summed E-state index contributed by atoms with van der Waals surface area (Å²) in [6, 6.07) is 2.78. The first-order valence-corrected chi connectivity index (χ1v) is 9.37. The number of aliphatic hydroxyl groups is 1. The zero-order valence-corrected chi connectivity index (χ0v) is 17.5. The van der Waals surface area contributed by atoms with Gasteiger partial charge in [-0.2, -0.15) is 0 Å². The Bertz CT molecular complexity index is 746. The van der Waals surface area contributed by atoms with Gasteiger partial charge in [0, 0.05) is 23.0 Å². The van der Waals surface area contributed by atoms with Crippen molar-refractivity contribution in [2.45, 2.75) is 16.3 Å². The third-order valence-electron chi connectivity index (χ3n) is 3.77. The first-order chi connectivity index (χ1) is 12.0. The number of aliphatic hydroxyl groups excluding tert-OH is 1. The summed E-state index contributed by atoms with van der Waals surface area (Å²) in [6.45, 7) is -0.452. The number of carboxylic acids is 1. The summed E-state index contributed by atoms with van der Waals surface area (Å²) in [7, 11) is 0. The van der Waals surface area contributed by atoms with Crippen molar-refractivity contribution in [2.75, 3.05) is 18.1 Å². The van der Waals surface area contributed by atoms with E-state index in [1.165, 1.54) is 23.5 Å². The van der Waals surface area contributed by atoms with Crippen molar-refractivity contribution in [3.8, 4) is 0 Å². The molecule has 1 saturated heterocycles. The van der Waals surface area contributed by atoms with E-state index in [1.54, 1.807) is 24.5 Å². The number of aliphatic carboxylic acids is 1. The van der Waals surface area contributed by atoms with Crippen LogP contribution in [0, 0.1) is 0 Å². The van der Waals surface area contributed by atoms with Gasteiger partial charge in [0.15, 0.2) is 0 Å². The molecule has 2 amide bonds. The molecule has 0 unspecified atom stereocenters. The molecule has 2 atom stereocenters. The van der Waals surface area contributed by atoms with Gasteiger partial charge in [0.05, 0.1) is 24.0 Å². The number of hydrogen-bond acceptors (Lipinski definition) is 8. The summed E-state index contributed by atoms with van der Waals surface area (Å²) in [5.41, 5.74) is -0.0412. The van der Waals surface area contributed by atoms with E-state index in [2.05, 4.69) is 10.3 Å². The third kappa shape index (κ3) is 4.26.